The Kier molecular flexibility index (Phi) is 6.35. The molecule has 2 aromatic heterocycles. The maximum absolute atomic E-state index is 12.8. The second-order valence-electron chi connectivity index (χ2n) is 6.66. The number of rotatable bonds is 8. The van der Waals surface area contributed by atoms with E-state index in [9.17, 15) is 4.79 Å². The van der Waals surface area contributed by atoms with Crippen LogP contribution in [-0.4, -0.2) is 47.0 Å². The van der Waals surface area contributed by atoms with Crippen molar-refractivity contribution in [3.63, 3.8) is 0 Å². The van der Waals surface area contributed by atoms with Gasteiger partial charge in [0.1, 0.15) is 12.1 Å². The van der Waals surface area contributed by atoms with E-state index in [1.165, 1.54) is 27.7 Å². The fourth-order valence-electron chi connectivity index (χ4n) is 3.06. The molecule has 0 unspecified atom stereocenters. The highest BCUT2D eigenvalue weighted by atomic mass is 16.5. The third-order valence-electron chi connectivity index (χ3n) is 4.63. The Labute approximate surface area is 189 Å². The Hall–Kier alpha value is -4.60. The fraction of sp³-hybridized carbons (Fsp3) is 0.130. The molecule has 168 valence electrons. The lowest BCUT2D eigenvalue weighted by Crippen LogP contribution is -2.12. The predicted octanol–water partition coefficient (Wildman–Crippen LogP) is 3.73. The highest BCUT2D eigenvalue weighted by Crippen LogP contribution is 2.38. The summed E-state index contributed by atoms with van der Waals surface area (Å²) in [4.78, 5) is 21.1. The first-order valence-corrected chi connectivity index (χ1v) is 9.82. The van der Waals surface area contributed by atoms with Crippen molar-refractivity contribution >= 4 is 11.6 Å². The van der Waals surface area contributed by atoms with E-state index in [4.69, 9.17) is 18.9 Å². The van der Waals surface area contributed by atoms with E-state index in [2.05, 4.69) is 20.4 Å². The summed E-state index contributed by atoms with van der Waals surface area (Å²) in [6.45, 7) is 0. The van der Waals surface area contributed by atoms with E-state index in [1.807, 2.05) is 0 Å². The number of carbonyl (C=O) groups is 1. The number of ether oxygens (including phenoxy) is 4. The van der Waals surface area contributed by atoms with Gasteiger partial charge in [0.2, 0.25) is 11.6 Å². The van der Waals surface area contributed by atoms with Crippen LogP contribution >= 0.6 is 0 Å². The van der Waals surface area contributed by atoms with Gasteiger partial charge in [-0.1, -0.05) is 0 Å². The van der Waals surface area contributed by atoms with Gasteiger partial charge in [-0.25, -0.2) is 14.6 Å². The van der Waals surface area contributed by atoms with E-state index in [-0.39, 0.29) is 5.91 Å². The van der Waals surface area contributed by atoms with Crippen LogP contribution in [0.3, 0.4) is 0 Å². The summed E-state index contributed by atoms with van der Waals surface area (Å²) in [5.41, 5.74) is 0.943. The Morgan fingerprint density at radius 2 is 1.67 bits per heavy atom. The highest BCUT2D eigenvalue weighted by molar-refractivity contribution is 6.05. The lowest BCUT2D eigenvalue weighted by atomic mass is 10.1. The third kappa shape index (κ3) is 4.85. The van der Waals surface area contributed by atoms with Crippen molar-refractivity contribution in [2.24, 2.45) is 0 Å². The Balaban J connectivity index is 1.46. The minimum atomic E-state index is -0.331. The van der Waals surface area contributed by atoms with Gasteiger partial charge in [-0.05, 0) is 42.5 Å². The number of nitrogens with one attached hydrogen (secondary N) is 1. The summed E-state index contributed by atoms with van der Waals surface area (Å²) in [6.07, 6.45) is 4.84. The average molecular weight is 447 g/mol. The number of benzene rings is 2. The van der Waals surface area contributed by atoms with Crippen molar-refractivity contribution in [3.8, 4) is 34.7 Å². The van der Waals surface area contributed by atoms with Gasteiger partial charge in [-0.2, -0.15) is 5.10 Å². The van der Waals surface area contributed by atoms with Gasteiger partial charge < -0.3 is 24.3 Å². The Morgan fingerprint density at radius 3 is 2.27 bits per heavy atom. The van der Waals surface area contributed by atoms with E-state index in [0.717, 1.165) is 0 Å². The maximum atomic E-state index is 12.8. The lowest BCUT2D eigenvalue weighted by molar-refractivity contribution is 0.102. The zero-order valence-corrected chi connectivity index (χ0v) is 18.2. The van der Waals surface area contributed by atoms with Crippen LogP contribution in [0.4, 0.5) is 5.69 Å². The fourth-order valence-corrected chi connectivity index (χ4v) is 3.06. The minimum absolute atomic E-state index is 0.331. The normalized spacial score (nSPS) is 10.4. The van der Waals surface area contributed by atoms with Crippen molar-refractivity contribution in [1.82, 2.24) is 19.7 Å². The summed E-state index contributed by atoms with van der Waals surface area (Å²) in [5, 5.41) is 6.97. The first kappa shape index (κ1) is 21.6. The van der Waals surface area contributed by atoms with Gasteiger partial charge >= 0.3 is 0 Å². The lowest BCUT2D eigenvalue weighted by Gasteiger charge is -2.14. The zero-order chi connectivity index (χ0) is 23.2. The number of carbonyl (C=O) groups excluding carboxylic acids is 1. The molecule has 0 bridgehead atoms. The molecule has 4 rings (SSSR count). The molecule has 2 heterocycles. The number of amides is 1. The summed E-state index contributed by atoms with van der Waals surface area (Å²) in [5.74, 6) is 2.37. The molecule has 10 heteroatoms. The molecule has 0 spiro atoms. The average Bonchev–Trinajstić information content (AvgIpc) is 3.39. The second-order valence-corrected chi connectivity index (χ2v) is 6.66. The molecule has 10 nitrogen and oxygen atoms in total. The monoisotopic (exact) mass is 447 g/mol. The van der Waals surface area contributed by atoms with Crippen molar-refractivity contribution < 1.29 is 23.7 Å². The van der Waals surface area contributed by atoms with Crippen LogP contribution in [0, 0.1) is 0 Å². The molecule has 4 aromatic rings. The SMILES string of the molecule is COc1cc(C(=O)Nc2ccc(Oc3cc(-n4cccn4)ncn3)cc2)cc(OC)c1OC. The summed E-state index contributed by atoms with van der Waals surface area (Å²) in [7, 11) is 4.49. The van der Waals surface area contributed by atoms with E-state index in [0.29, 0.717) is 45.9 Å². The molecule has 2 aromatic carbocycles. The number of aromatic nitrogens is 4. The van der Waals surface area contributed by atoms with Crippen LogP contribution in [0.2, 0.25) is 0 Å². The van der Waals surface area contributed by atoms with Gasteiger partial charge in [0.05, 0.1) is 21.3 Å². The molecule has 0 fully saturated rings. The molecule has 1 N–H and O–H groups in total. The first-order chi connectivity index (χ1) is 16.1. The molecule has 33 heavy (non-hydrogen) atoms. The molecular weight excluding hydrogens is 426 g/mol. The molecule has 0 aliphatic carbocycles. The van der Waals surface area contributed by atoms with Crippen molar-refractivity contribution in [3.05, 3.63) is 72.8 Å². The van der Waals surface area contributed by atoms with Crippen LogP contribution in [-0.2, 0) is 0 Å². The number of hydrogen-bond acceptors (Lipinski definition) is 8. The number of hydrogen-bond donors (Lipinski definition) is 1. The largest absolute Gasteiger partial charge is 0.493 e. The van der Waals surface area contributed by atoms with Gasteiger partial charge in [0.25, 0.3) is 5.91 Å². The smallest absolute Gasteiger partial charge is 0.255 e. The van der Waals surface area contributed by atoms with E-state index >= 15 is 0 Å². The molecule has 0 saturated heterocycles. The van der Waals surface area contributed by atoms with Crippen LogP contribution in [0.5, 0.6) is 28.9 Å². The maximum Gasteiger partial charge on any atom is 0.255 e. The molecule has 0 aliphatic rings. The first-order valence-electron chi connectivity index (χ1n) is 9.82. The van der Waals surface area contributed by atoms with E-state index < -0.39 is 0 Å². The summed E-state index contributed by atoms with van der Waals surface area (Å²) in [6, 6.07) is 13.5. The van der Waals surface area contributed by atoms with E-state index in [1.54, 1.807) is 65.6 Å². The summed E-state index contributed by atoms with van der Waals surface area (Å²) >= 11 is 0. The van der Waals surface area contributed by atoms with Gasteiger partial charge in [-0.3, -0.25) is 4.79 Å². The van der Waals surface area contributed by atoms with Crippen LogP contribution in [0.1, 0.15) is 10.4 Å². The topological polar surface area (TPSA) is 110 Å². The van der Waals surface area contributed by atoms with Gasteiger partial charge in [0, 0.05) is 29.7 Å². The molecule has 0 aliphatic heterocycles. The molecule has 0 radical (unpaired) electrons. The predicted molar refractivity (Wildman–Crippen MR) is 120 cm³/mol. The summed E-state index contributed by atoms with van der Waals surface area (Å²) < 4.78 is 23.3. The second kappa shape index (κ2) is 9.69. The highest BCUT2D eigenvalue weighted by Gasteiger charge is 2.17. The van der Waals surface area contributed by atoms with Gasteiger partial charge in [0.15, 0.2) is 17.3 Å². The molecule has 0 atom stereocenters. The van der Waals surface area contributed by atoms with Crippen LogP contribution < -0.4 is 24.3 Å². The Bertz CT molecular complexity index is 1220. The number of methoxy groups -OCH3 is 3. The minimum Gasteiger partial charge on any atom is -0.493 e. The van der Waals surface area contributed by atoms with Crippen molar-refractivity contribution in [1.29, 1.82) is 0 Å². The van der Waals surface area contributed by atoms with Gasteiger partial charge in [-0.15, -0.1) is 0 Å². The molecule has 1 amide bonds. The van der Waals surface area contributed by atoms with Crippen molar-refractivity contribution in [2.45, 2.75) is 0 Å². The van der Waals surface area contributed by atoms with Crippen molar-refractivity contribution in [2.75, 3.05) is 26.6 Å². The number of anilines is 1. The quantitative estimate of drug-likeness (QED) is 0.435. The Morgan fingerprint density at radius 1 is 0.939 bits per heavy atom. The van der Waals surface area contributed by atoms with Crippen LogP contribution in [0.15, 0.2) is 67.3 Å². The molecule has 0 saturated carbocycles. The molecular formula is C23H21N5O5. The van der Waals surface area contributed by atoms with Crippen LogP contribution in [0.25, 0.3) is 5.82 Å². The standard InChI is InChI=1S/C23H21N5O5/c1-30-18-11-15(12-19(31-2)22(18)32-3)23(29)27-16-5-7-17(8-6-16)33-21-13-20(24-14-25-21)28-10-4-9-26-28/h4-14H,1-3H3,(H,27,29). The number of nitrogens with zero attached hydrogens (tertiary/aromatic N) is 4. The third-order valence-corrected chi connectivity index (χ3v) is 4.63. The zero-order valence-electron chi connectivity index (χ0n) is 18.2.